The third-order valence-corrected chi connectivity index (χ3v) is 3.84. The van der Waals surface area contributed by atoms with Gasteiger partial charge in [0.25, 0.3) is 0 Å². The Bertz CT molecular complexity index is 776. The lowest BCUT2D eigenvalue weighted by molar-refractivity contribution is 0.628. The highest BCUT2D eigenvalue weighted by molar-refractivity contribution is 7.14. The lowest BCUT2D eigenvalue weighted by Gasteiger charge is -1.96. The Balaban J connectivity index is 1.66. The molecule has 1 N–H and O–H groups in total. The van der Waals surface area contributed by atoms with Crippen molar-refractivity contribution in [1.29, 1.82) is 0 Å². The van der Waals surface area contributed by atoms with E-state index in [4.69, 9.17) is 0 Å². The summed E-state index contributed by atoms with van der Waals surface area (Å²) in [5, 5.41) is 6.79. The fourth-order valence-corrected chi connectivity index (χ4v) is 2.56. The molecule has 0 spiro atoms. The van der Waals surface area contributed by atoms with Gasteiger partial charge >= 0.3 is 0 Å². The van der Waals surface area contributed by atoms with Crippen LogP contribution in [0.1, 0.15) is 11.1 Å². The summed E-state index contributed by atoms with van der Waals surface area (Å²) in [6.45, 7) is 2.05. The molecule has 0 amide bonds. The van der Waals surface area contributed by atoms with E-state index in [1.807, 2.05) is 36.6 Å². The molecule has 0 atom stereocenters. The number of halogens is 1. The molecule has 0 aliphatic rings. The molecule has 3 rings (SSSR count). The standard InChI is InChI=1S/C17H14FN3S/c1-12-2-4-13(5-3-12)10-19-21-17-20-16(11-22-17)14-6-8-15(18)9-7-14/h2-11H,1H3,(H,20,21)/b19-10+. The molecule has 2 aromatic carbocycles. The van der Waals surface area contributed by atoms with Crippen LogP contribution in [0, 0.1) is 12.7 Å². The van der Waals surface area contributed by atoms with Crippen LogP contribution in [0.3, 0.4) is 0 Å². The van der Waals surface area contributed by atoms with Gasteiger partial charge in [-0.3, -0.25) is 5.43 Å². The van der Waals surface area contributed by atoms with E-state index in [1.54, 1.807) is 18.3 Å². The van der Waals surface area contributed by atoms with Gasteiger partial charge in [-0.25, -0.2) is 9.37 Å². The van der Waals surface area contributed by atoms with Crippen LogP contribution in [0.4, 0.5) is 9.52 Å². The minimum atomic E-state index is -0.250. The fraction of sp³-hybridized carbons (Fsp3) is 0.0588. The van der Waals surface area contributed by atoms with E-state index in [0.29, 0.717) is 5.13 Å². The SMILES string of the molecule is Cc1ccc(/C=N/Nc2nc(-c3ccc(F)cc3)cs2)cc1. The van der Waals surface area contributed by atoms with Gasteiger partial charge in [-0.2, -0.15) is 5.10 Å². The van der Waals surface area contributed by atoms with Crippen molar-refractivity contribution in [3.63, 3.8) is 0 Å². The Morgan fingerprint density at radius 1 is 1.09 bits per heavy atom. The van der Waals surface area contributed by atoms with Gasteiger partial charge in [0.2, 0.25) is 5.13 Å². The fourth-order valence-electron chi connectivity index (χ4n) is 1.89. The monoisotopic (exact) mass is 311 g/mol. The Labute approximate surface area is 132 Å². The molecule has 3 nitrogen and oxygen atoms in total. The molecule has 110 valence electrons. The molecule has 0 radical (unpaired) electrons. The number of hydrazone groups is 1. The van der Waals surface area contributed by atoms with E-state index in [0.717, 1.165) is 16.8 Å². The Kier molecular flexibility index (Phi) is 4.25. The van der Waals surface area contributed by atoms with E-state index in [-0.39, 0.29) is 5.82 Å². The number of anilines is 1. The number of rotatable bonds is 4. The van der Waals surface area contributed by atoms with Gasteiger partial charge in [-0.1, -0.05) is 29.8 Å². The third-order valence-electron chi connectivity index (χ3n) is 3.10. The Morgan fingerprint density at radius 3 is 2.55 bits per heavy atom. The number of benzene rings is 2. The van der Waals surface area contributed by atoms with Crippen molar-refractivity contribution < 1.29 is 4.39 Å². The van der Waals surface area contributed by atoms with Gasteiger partial charge in [-0.05, 0) is 36.8 Å². The third kappa shape index (κ3) is 3.56. The molecule has 5 heteroatoms. The molecular weight excluding hydrogens is 297 g/mol. The number of hydrogen-bond acceptors (Lipinski definition) is 4. The van der Waals surface area contributed by atoms with Crippen molar-refractivity contribution in [2.75, 3.05) is 5.43 Å². The van der Waals surface area contributed by atoms with E-state index >= 15 is 0 Å². The number of hydrogen-bond donors (Lipinski definition) is 1. The molecular formula is C17H14FN3S. The summed E-state index contributed by atoms with van der Waals surface area (Å²) >= 11 is 1.46. The van der Waals surface area contributed by atoms with Crippen LogP contribution in [0.25, 0.3) is 11.3 Å². The van der Waals surface area contributed by atoms with Crippen LogP contribution < -0.4 is 5.43 Å². The first-order valence-electron chi connectivity index (χ1n) is 6.78. The normalized spacial score (nSPS) is 11.0. The minimum absolute atomic E-state index is 0.250. The van der Waals surface area contributed by atoms with Crippen LogP contribution in [0.5, 0.6) is 0 Å². The highest BCUT2D eigenvalue weighted by Gasteiger charge is 2.03. The summed E-state index contributed by atoms with van der Waals surface area (Å²) in [7, 11) is 0. The summed E-state index contributed by atoms with van der Waals surface area (Å²) in [5.41, 5.74) is 6.84. The molecule has 0 aliphatic carbocycles. The Hall–Kier alpha value is -2.53. The average Bonchev–Trinajstić information content (AvgIpc) is 2.99. The summed E-state index contributed by atoms with van der Waals surface area (Å²) in [6.07, 6.45) is 1.75. The zero-order valence-corrected chi connectivity index (χ0v) is 12.8. The van der Waals surface area contributed by atoms with Gasteiger partial charge in [0, 0.05) is 10.9 Å². The smallest absolute Gasteiger partial charge is 0.203 e. The number of aryl methyl sites for hydroxylation is 1. The number of nitrogens with one attached hydrogen (secondary N) is 1. The van der Waals surface area contributed by atoms with Crippen molar-refractivity contribution in [3.8, 4) is 11.3 Å². The topological polar surface area (TPSA) is 37.3 Å². The van der Waals surface area contributed by atoms with Gasteiger partial charge in [0.05, 0.1) is 11.9 Å². The first-order valence-corrected chi connectivity index (χ1v) is 7.66. The van der Waals surface area contributed by atoms with Gasteiger partial charge in [0.15, 0.2) is 0 Å². The quantitative estimate of drug-likeness (QED) is 0.560. The van der Waals surface area contributed by atoms with Gasteiger partial charge in [0.1, 0.15) is 5.82 Å². The van der Waals surface area contributed by atoms with Gasteiger partial charge in [-0.15, -0.1) is 11.3 Å². The van der Waals surface area contributed by atoms with Crippen molar-refractivity contribution in [3.05, 3.63) is 70.9 Å². The molecule has 22 heavy (non-hydrogen) atoms. The molecule has 0 fully saturated rings. The predicted molar refractivity (Wildman–Crippen MR) is 89.9 cm³/mol. The lowest BCUT2D eigenvalue weighted by Crippen LogP contribution is -1.90. The van der Waals surface area contributed by atoms with Crippen molar-refractivity contribution >= 4 is 22.7 Å². The first-order chi connectivity index (χ1) is 10.7. The van der Waals surface area contributed by atoms with Crippen LogP contribution in [0.2, 0.25) is 0 Å². The molecule has 0 aliphatic heterocycles. The maximum Gasteiger partial charge on any atom is 0.203 e. The van der Waals surface area contributed by atoms with Crippen LogP contribution in [-0.2, 0) is 0 Å². The molecule has 0 bridgehead atoms. The highest BCUT2D eigenvalue weighted by Crippen LogP contribution is 2.24. The van der Waals surface area contributed by atoms with E-state index in [2.05, 4.69) is 15.5 Å². The van der Waals surface area contributed by atoms with Crippen molar-refractivity contribution in [1.82, 2.24) is 4.98 Å². The molecule has 1 aromatic heterocycles. The van der Waals surface area contributed by atoms with Crippen molar-refractivity contribution in [2.45, 2.75) is 6.92 Å². The molecule has 0 saturated carbocycles. The maximum absolute atomic E-state index is 12.9. The van der Waals surface area contributed by atoms with Gasteiger partial charge < -0.3 is 0 Å². The molecule has 0 unspecified atom stereocenters. The average molecular weight is 311 g/mol. The maximum atomic E-state index is 12.9. The Morgan fingerprint density at radius 2 is 1.82 bits per heavy atom. The molecule has 1 heterocycles. The van der Waals surface area contributed by atoms with Crippen LogP contribution in [-0.4, -0.2) is 11.2 Å². The minimum Gasteiger partial charge on any atom is -0.253 e. The highest BCUT2D eigenvalue weighted by atomic mass is 32.1. The number of aromatic nitrogens is 1. The largest absolute Gasteiger partial charge is 0.253 e. The summed E-state index contributed by atoms with van der Waals surface area (Å²) < 4.78 is 12.9. The number of nitrogens with zero attached hydrogens (tertiary/aromatic N) is 2. The second-order valence-corrected chi connectivity index (χ2v) is 5.68. The van der Waals surface area contributed by atoms with E-state index in [1.165, 1.54) is 29.0 Å². The second-order valence-electron chi connectivity index (χ2n) is 4.83. The second kappa shape index (κ2) is 6.49. The van der Waals surface area contributed by atoms with Crippen LogP contribution in [0.15, 0.2) is 59.0 Å². The predicted octanol–water partition coefficient (Wildman–Crippen LogP) is 4.70. The zero-order chi connectivity index (χ0) is 15.4. The first kappa shape index (κ1) is 14.4. The van der Waals surface area contributed by atoms with E-state index in [9.17, 15) is 4.39 Å². The summed E-state index contributed by atoms with van der Waals surface area (Å²) in [5.74, 6) is -0.250. The van der Waals surface area contributed by atoms with Crippen molar-refractivity contribution in [2.24, 2.45) is 5.10 Å². The summed E-state index contributed by atoms with van der Waals surface area (Å²) in [6, 6.07) is 14.4. The van der Waals surface area contributed by atoms with E-state index < -0.39 is 0 Å². The summed E-state index contributed by atoms with van der Waals surface area (Å²) in [4.78, 5) is 4.43. The number of thiazole rings is 1. The zero-order valence-electron chi connectivity index (χ0n) is 12.0. The van der Waals surface area contributed by atoms with Crippen LogP contribution >= 0.6 is 11.3 Å². The molecule has 3 aromatic rings. The lowest BCUT2D eigenvalue weighted by atomic mass is 10.2. The molecule has 0 saturated heterocycles.